The van der Waals surface area contributed by atoms with Crippen LogP contribution in [0.15, 0.2) is 46.9 Å². The molecule has 10 heteroatoms. The summed E-state index contributed by atoms with van der Waals surface area (Å²) in [5, 5.41) is 6.58. The molecule has 6 nitrogen and oxygen atoms in total. The summed E-state index contributed by atoms with van der Waals surface area (Å²) in [4.78, 5) is 12.5. The summed E-state index contributed by atoms with van der Waals surface area (Å²) in [6.07, 6.45) is 0. The SMILES string of the molecule is Cc1ccc(-c2ccc(C(=O)NC(=S)Nc3c(Cl)ccc4nsnc34)o2)cc1Cl. The van der Waals surface area contributed by atoms with E-state index in [1.54, 1.807) is 30.3 Å². The minimum Gasteiger partial charge on any atom is -0.451 e. The molecule has 0 aliphatic heterocycles. The molecule has 0 aliphatic carbocycles. The lowest BCUT2D eigenvalue weighted by Gasteiger charge is -2.10. The fourth-order valence-corrected chi connectivity index (χ4v) is 3.73. The van der Waals surface area contributed by atoms with Crippen molar-refractivity contribution in [1.29, 1.82) is 0 Å². The number of anilines is 1. The number of halogens is 2. The van der Waals surface area contributed by atoms with Crippen LogP contribution in [0.2, 0.25) is 10.0 Å². The third kappa shape index (κ3) is 4.11. The Kier molecular flexibility index (Phi) is 5.51. The predicted octanol–water partition coefficient (Wildman–Crippen LogP) is 5.69. The molecule has 2 N–H and O–H groups in total. The van der Waals surface area contributed by atoms with Crippen LogP contribution < -0.4 is 10.6 Å². The number of hydrogen-bond donors (Lipinski definition) is 2. The van der Waals surface area contributed by atoms with E-state index in [9.17, 15) is 4.79 Å². The van der Waals surface area contributed by atoms with Gasteiger partial charge in [-0.25, -0.2) is 0 Å². The molecule has 0 saturated heterocycles. The van der Waals surface area contributed by atoms with Gasteiger partial charge in [0.15, 0.2) is 10.9 Å². The van der Waals surface area contributed by atoms with Crippen LogP contribution in [-0.4, -0.2) is 19.8 Å². The normalized spacial score (nSPS) is 10.9. The summed E-state index contributed by atoms with van der Waals surface area (Å²) >= 11 is 18.7. The molecular formula is C19H12Cl2N4O2S2. The lowest BCUT2D eigenvalue weighted by Crippen LogP contribution is -2.34. The van der Waals surface area contributed by atoms with E-state index >= 15 is 0 Å². The van der Waals surface area contributed by atoms with Crippen molar-refractivity contribution in [3.63, 3.8) is 0 Å². The van der Waals surface area contributed by atoms with E-state index in [0.717, 1.165) is 22.9 Å². The summed E-state index contributed by atoms with van der Waals surface area (Å²) in [6.45, 7) is 1.91. The fraction of sp³-hybridized carbons (Fsp3) is 0.0526. The zero-order valence-electron chi connectivity index (χ0n) is 14.8. The third-order valence-electron chi connectivity index (χ3n) is 4.13. The summed E-state index contributed by atoms with van der Waals surface area (Å²) in [6, 6.07) is 12.3. The Bertz CT molecular complexity index is 1250. The second-order valence-corrected chi connectivity index (χ2v) is 7.84. The van der Waals surface area contributed by atoms with Gasteiger partial charge in [-0.1, -0.05) is 35.3 Å². The number of aryl methyl sites for hydroxylation is 1. The summed E-state index contributed by atoms with van der Waals surface area (Å²) in [5.41, 5.74) is 3.48. The van der Waals surface area contributed by atoms with Crippen molar-refractivity contribution in [1.82, 2.24) is 14.1 Å². The van der Waals surface area contributed by atoms with E-state index in [1.807, 2.05) is 19.1 Å². The van der Waals surface area contributed by atoms with E-state index in [1.165, 1.54) is 0 Å². The highest BCUT2D eigenvalue weighted by molar-refractivity contribution is 7.80. The maximum atomic E-state index is 12.5. The lowest BCUT2D eigenvalue weighted by atomic mass is 10.1. The van der Waals surface area contributed by atoms with Crippen molar-refractivity contribution in [2.75, 3.05) is 5.32 Å². The molecule has 0 fully saturated rings. The van der Waals surface area contributed by atoms with Gasteiger partial charge in [-0.15, -0.1) is 0 Å². The van der Waals surface area contributed by atoms with Crippen LogP contribution in [0.4, 0.5) is 5.69 Å². The molecular weight excluding hydrogens is 451 g/mol. The van der Waals surface area contributed by atoms with E-state index in [4.69, 9.17) is 39.8 Å². The molecule has 0 bridgehead atoms. The van der Waals surface area contributed by atoms with E-state index in [2.05, 4.69) is 19.4 Å². The van der Waals surface area contributed by atoms with Gasteiger partial charge < -0.3 is 9.73 Å². The first-order valence-electron chi connectivity index (χ1n) is 8.32. The average Bonchev–Trinajstić information content (AvgIpc) is 3.36. The Morgan fingerprint density at radius 1 is 1.10 bits per heavy atom. The minimum atomic E-state index is -0.494. The van der Waals surface area contributed by atoms with Gasteiger partial charge in [0.1, 0.15) is 16.8 Å². The Hall–Kier alpha value is -2.52. The number of rotatable bonds is 3. The minimum absolute atomic E-state index is 0.0636. The molecule has 2 aromatic heterocycles. The first-order chi connectivity index (χ1) is 13.9. The zero-order chi connectivity index (χ0) is 20.5. The second kappa shape index (κ2) is 8.08. The largest absolute Gasteiger partial charge is 0.451 e. The highest BCUT2D eigenvalue weighted by Gasteiger charge is 2.16. The molecule has 0 aliphatic rings. The third-order valence-corrected chi connectivity index (χ3v) is 5.60. The number of carbonyl (C=O) groups excluding carboxylic acids is 1. The average molecular weight is 463 g/mol. The molecule has 0 radical (unpaired) electrons. The van der Waals surface area contributed by atoms with Gasteiger partial charge in [0.05, 0.1) is 22.4 Å². The van der Waals surface area contributed by atoms with Gasteiger partial charge in [-0.2, -0.15) is 8.75 Å². The first-order valence-corrected chi connectivity index (χ1v) is 10.2. The number of benzene rings is 2. The predicted molar refractivity (Wildman–Crippen MR) is 120 cm³/mol. The molecule has 146 valence electrons. The van der Waals surface area contributed by atoms with E-state index in [-0.39, 0.29) is 10.9 Å². The Morgan fingerprint density at radius 3 is 2.72 bits per heavy atom. The first kappa shape index (κ1) is 19.8. The van der Waals surface area contributed by atoms with Gasteiger partial charge in [0.25, 0.3) is 5.91 Å². The van der Waals surface area contributed by atoms with Gasteiger partial charge >= 0.3 is 0 Å². The molecule has 2 heterocycles. The van der Waals surface area contributed by atoms with Crippen molar-refractivity contribution in [3.8, 4) is 11.3 Å². The molecule has 29 heavy (non-hydrogen) atoms. The van der Waals surface area contributed by atoms with E-state index in [0.29, 0.717) is 32.5 Å². The molecule has 0 unspecified atom stereocenters. The fourth-order valence-electron chi connectivity index (χ4n) is 2.62. The van der Waals surface area contributed by atoms with Crippen LogP contribution in [0.3, 0.4) is 0 Å². The van der Waals surface area contributed by atoms with Crippen molar-refractivity contribution >= 4 is 74.9 Å². The van der Waals surface area contributed by atoms with Crippen LogP contribution >= 0.6 is 47.1 Å². The van der Waals surface area contributed by atoms with Crippen LogP contribution in [0.25, 0.3) is 22.4 Å². The van der Waals surface area contributed by atoms with Gasteiger partial charge in [0.2, 0.25) is 0 Å². The monoisotopic (exact) mass is 462 g/mol. The van der Waals surface area contributed by atoms with Crippen molar-refractivity contribution in [2.45, 2.75) is 6.92 Å². The zero-order valence-corrected chi connectivity index (χ0v) is 18.0. The highest BCUT2D eigenvalue weighted by Crippen LogP contribution is 2.30. The number of furan rings is 1. The van der Waals surface area contributed by atoms with Crippen LogP contribution in [0.5, 0.6) is 0 Å². The number of aromatic nitrogens is 2. The summed E-state index contributed by atoms with van der Waals surface area (Å²) < 4.78 is 14.0. The Labute approximate surface area is 185 Å². The maximum Gasteiger partial charge on any atom is 0.293 e. The van der Waals surface area contributed by atoms with Crippen molar-refractivity contribution < 1.29 is 9.21 Å². The van der Waals surface area contributed by atoms with Gasteiger partial charge in [-0.05, 0) is 55.0 Å². The lowest BCUT2D eigenvalue weighted by molar-refractivity contribution is 0.0951. The number of nitrogens with one attached hydrogen (secondary N) is 2. The molecule has 0 atom stereocenters. The van der Waals surface area contributed by atoms with E-state index < -0.39 is 5.91 Å². The molecule has 2 aromatic carbocycles. The molecule has 1 amide bonds. The second-order valence-electron chi connectivity index (χ2n) is 6.09. The molecule has 0 saturated carbocycles. The summed E-state index contributed by atoms with van der Waals surface area (Å²) in [5.74, 6) is 0.143. The number of nitrogens with zero attached hydrogens (tertiary/aromatic N) is 2. The smallest absolute Gasteiger partial charge is 0.293 e. The highest BCUT2D eigenvalue weighted by atomic mass is 35.5. The number of amides is 1. The Balaban J connectivity index is 1.49. The topological polar surface area (TPSA) is 80.0 Å². The Morgan fingerprint density at radius 2 is 1.93 bits per heavy atom. The van der Waals surface area contributed by atoms with Crippen LogP contribution in [0.1, 0.15) is 16.1 Å². The quantitative estimate of drug-likeness (QED) is 0.380. The van der Waals surface area contributed by atoms with Gasteiger partial charge in [0, 0.05) is 10.6 Å². The number of thiocarbonyl (C=S) groups is 1. The molecule has 0 spiro atoms. The number of fused-ring (bicyclic) bond motifs is 1. The standard InChI is InChI=1S/C19H12Cl2N4O2S2/c1-9-2-3-10(8-12(9)21)14-6-7-15(27-14)18(26)23-19(28)22-16-11(20)4-5-13-17(16)25-29-24-13/h2-8H,1H3,(H2,22,23,26,28). The maximum absolute atomic E-state index is 12.5. The van der Waals surface area contributed by atoms with Gasteiger partial charge in [-0.3, -0.25) is 10.1 Å². The molecule has 4 aromatic rings. The number of hydrogen-bond acceptors (Lipinski definition) is 6. The van der Waals surface area contributed by atoms with Crippen molar-refractivity contribution in [2.24, 2.45) is 0 Å². The number of carbonyl (C=O) groups is 1. The summed E-state index contributed by atoms with van der Waals surface area (Å²) in [7, 11) is 0. The van der Waals surface area contributed by atoms with Crippen LogP contribution in [0, 0.1) is 6.92 Å². The molecule has 4 rings (SSSR count). The van der Waals surface area contributed by atoms with Crippen LogP contribution in [-0.2, 0) is 0 Å². The van der Waals surface area contributed by atoms with Crippen molar-refractivity contribution in [3.05, 3.63) is 63.8 Å².